The zero-order chi connectivity index (χ0) is 14.7. The van der Waals surface area contributed by atoms with Crippen LogP contribution in [0.1, 0.15) is 56.6 Å². The minimum atomic E-state index is 0.587. The lowest BCUT2D eigenvalue weighted by Crippen LogP contribution is -2.54. The van der Waals surface area contributed by atoms with Crippen LogP contribution in [0.5, 0.6) is 0 Å². The van der Waals surface area contributed by atoms with Gasteiger partial charge in [0.25, 0.3) is 0 Å². The number of hydrogen-bond acceptors (Lipinski definition) is 0. The molecule has 1 aromatic rings. The van der Waals surface area contributed by atoms with E-state index in [1.807, 2.05) is 0 Å². The average molecular weight is 347 g/mol. The van der Waals surface area contributed by atoms with Gasteiger partial charge in [-0.2, -0.15) is 0 Å². The molecule has 0 saturated heterocycles. The van der Waals surface area contributed by atoms with Gasteiger partial charge in [0, 0.05) is 4.83 Å². The Morgan fingerprint density at radius 2 is 1.71 bits per heavy atom. The van der Waals surface area contributed by atoms with E-state index < -0.39 is 0 Å². The number of alkyl halides is 1. The second kappa shape index (κ2) is 4.85. The van der Waals surface area contributed by atoms with Gasteiger partial charge in [-0.1, -0.05) is 52.7 Å². The van der Waals surface area contributed by atoms with Gasteiger partial charge in [-0.25, -0.2) is 0 Å². The van der Waals surface area contributed by atoms with Gasteiger partial charge in [0.1, 0.15) is 0 Å². The Morgan fingerprint density at radius 1 is 1.10 bits per heavy atom. The van der Waals surface area contributed by atoms with Crippen molar-refractivity contribution in [3.63, 3.8) is 0 Å². The molecule has 0 heterocycles. The molecule has 4 saturated carbocycles. The van der Waals surface area contributed by atoms with Gasteiger partial charge in [0.2, 0.25) is 0 Å². The van der Waals surface area contributed by atoms with Crippen molar-refractivity contribution in [1.29, 1.82) is 0 Å². The first-order valence-corrected chi connectivity index (χ1v) is 9.58. The molecule has 3 unspecified atom stereocenters. The Labute approximate surface area is 137 Å². The first-order chi connectivity index (χ1) is 9.96. The molecule has 1 aromatic carbocycles. The Hall–Kier alpha value is -0.300. The van der Waals surface area contributed by atoms with Crippen molar-refractivity contribution in [2.24, 2.45) is 22.7 Å². The van der Waals surface area contributed by atoms with Crippen molar-refractivity contribution in [2.45, 2.75) is 63.6 Å². The molecular formula is C20H27Br. The molecule has 1 heteroatoms. The van der Waals surface area contributed by atoms with E-state index in [9.17, 15) is 0 Å². The maximum Gasteiger partial charge on any atom is 0.0242 e. The van der Waals surface area contributed by atoms with Crippen LogP contribution in [0.3, 0.4) is 0 Å². The van der Waals surface area contributed by atoms with E-state index in [-0.39, 0.29) is 0 Å². The summed E-state index contributed by atoms with van der Waals surface area (Å²) in [7, 11) is 0. The summed E-state index contributed by atoms with van der Waals surface area (Å²) in [5.41, 5.74) is 4.11. The zero-order valence-corrected chi connectivity index (χ0v) is 15.0. The zero-order valence-electron chi connectivity index (χ0n) is 13.4. The predicted molar refractivity (Wildman–Crippen MR) is 92.8 cm³/mol. The fourth-order valence-electron chi connectivity index (χ4n) is 6.31. The van der Waals surface area contributed by atoms with Crippen LogP contribution in [0.15, 0.2) is 24.3 Å². The van der Waals surface area contributed by atoms with Gasteiger partial charge >= 0.3 is 0 Å². The predicted octanol–water partition coefficient (Wildman–Crippen LogP) is 5.91. The van der Waals surface area contributed by atoms with E-state index in [2.05, 4.69) is 54.0 Å². The normalized spacial score (nSPS) is 42.2. The van der Waals surface area contributed by atoms with Gasteiger partial charge in [0.05, 0.1) is 0 Å². The highest BCUT2D eigenvalue weighted by Gasteiger charge is 2.57. The summed E-state index contributed by atoms with van der Waals surface area (Å²) in [4.78, 5) is 0.665. The van der Waals surface area contributed by atoms with Crippen LogP contribution >= 0.6 is 15.9 Å². The molecule has 4 bridgehead atoms. The molecule has 4 aliphatic carbocycles. The summed E-state index contributed by atoms with van der Waals surface area (Å²) in [6.45, 7) is 4.75. The van der Waals surface area contributed by atoms with Crippen LogP contribution in [0.25, 0.3) is 0 Å². The molecule has 0 nitrogen and oxygen atoms in total. The van der Waals surface area contributed by atoms with Crippen LogP contribution < -0.4 is 0 Å². The highest BCUT2D eigenvalue weighted by atomic mass is 79.9. The largest absolute Gasteiger partial charge is 0.0881 e. The molecule has 0 aliphatic heterocycles. The average Bonchev–Trinajstić information content (AvgIpc) is 2.38. The van der Waals surface area contributed by atoms with Gasteiger partial charge in [-0.3, -0.25) is 0 Å². The lowest BCUT2D eigenvalue weighted by Gasteiger charge is -2.63. The van der Waals surface area contributed by atoms with E-state index in [0.717, 1.165) is 11.8 Å². The molecule has 4 fully saturated rings. The summed E-state index contributed by atoms with van der Waals surface area (Å²) < 4.78 is 0. The van der Waals surface area contributed by atoms with E-state index >= 15 is 0 Å². The smallest absolute Gasteiger partial charge is 0.0242 e. The molecule has 0 aromatic heterocycles. The summed E-state index contributed by atoms with van der Waals surface area (Å²) in [5, 5.41) is 0. The topological polar surface area (TPSA) is 0 Å². The monoisotopic (exact) mass is 346 g/mol. The van der Waals surface area contributed by atoms with Crippen LogP contribution in [-0.4, -0.2) is 4.83 Å². The lowest BCUT2D eigenvalue weighted by molar-refractivity contribution is -0.101. The van der Waals surface area contributed by atoms with Crippen molar-refractivity contribution < 1.29 is 0 Å². The Morgan fingerprint density at radius 3 is 2.29 bits per heavy atom. The molecule has 3 atom stereocenters. The van der Waals surface area contributed by atoms with Crippen LogP contribution in [0.4, 0.5) is 0 Å². The van der Waals surface area contributed by atoms with Gasteiger partial charge in [0.15, 0.2) is 0 Å². The summed E-state index contributed by atoms with van der Waals surface area (Å²) in [6, 6.07) is 9.17. The molecule has 0 spiro atoms. The second-order valence-electron chi connectivity index (χ2n) is 8.79. The maximum atomic E-state index is 4.15. The summed E-state index contributed by atoms with van der Waals surface area (Å²) in [5.74, 6) is 2.05. The number of aryl methyl sites for hydroxylation is 1. The third-order valence-electron chi connectivity index (χ3n) is 6.60. The van der Waals surface area contributed by atoms with Gasteiger partial charge in [-0.05, 0) is 80.1 Å². The first kappa shape index (κ1) is 14.3. The number of hydrogen-bond donors (Lipinski definition) is 0. The van der Waals surface area contributed by atoms with Crippen molar-refractivity contribution in [3.05, 3.63) is 35.4 Å². The number of rotatable bonds is 3. The SMILES string of the molecule is Cc1ccc(CC(Br)C23CC4CC(CC(C)(C4)C2)C3)cc1. The highest BCUT2D eigenvalue weighted by Crippen LogP contribution is 2.67. The minimum absolute atomic E-state index is 0.587. The Kier molecular flexibility index (Phi) is 3.30. The van der Waals surface area contributed by atoms with Crippen LogP contribution in [-0.2, 0) is 6.42 Å². The molecule has 0 N–H and O–H groups in total. The molecular weight excluding hydrogens is 320 g/mol. The number of benzene rings is 1. The molecule has 114 valence electrons. The lowest BCUT2D eigenvalue weighted by atomic mass is 9.44. The third-order valence-corrected chi connectivity index (χ3v) is 7.89. The van der Waals surface area contributed by atoms with E-state index in [0.29, 0.717) is 15.7 Å². The maximum absolute atomic E-state index is 4.15. The fourth-order valence-corrected chi connectivity index (χ4v) is 7.22. The molecule has 21 heavy (non-hydrogen) atoms. The summed E-state index contributed by atoms with van der Waals surface area (Å²) >= 11 is 4.15. The van der Waals surface area contributed by atoms with Crippen molar-refractivity contribution in [1.82, 2.24) is 0 Å². The Bertz CT molecular complexity index is 515. The van der Waals surface area contributed by atoms with E-state index in [1.54, 1.807) is 0 Å². The molecule has 0 radical (unpaired) electrons. The molecule has 4 aliphatic rings. The van der Waals surface area contributed by atoms with Crippen molar-refractivity contribution >= 4 is 15.9 Å². The van der Waals surface area contributed by atoms with Crippen molar-refractivity contribution in [3.8, 4) is 0 Å². The first-order valence-electron chi connectivity index (χ1n) is 8.66. The number of halogens is 1. The second-order valence-corrected chi connectivity index (χ2v) is 9.90. The quantitative estimate of drug-likeness (QED) is 0.597. The molecule has 0 amide bonds. The van der Waals surface area contributed by atoms with Crippen molar-refractivity contribution in [2.75, 3.05) is 0 Å². The third kappa shape index (κ3) is 2.50. The Balaban J connectivity index is 1.56. The van der Waals surface area contributed by atoms with Crippen LogP contribution in [0, 0.1) is 29.6 Å². The fraction of sp³-hybridized carbons (Fsp3) is 0.700. The van der Waals surface area contributed by atoms with Gasteiger partial charge < -0.3 is 0 Å². The van der Waals surface area contributed by atoms with E-state index in [1.165, 1.54) is 56.1 Å². The van der Waals surface area contributed by atoms with Gasteiger partial charge in [-0.15, -0.1) is 0 Å². The van der Waals surface area contributed by atoms with E-state index in [4.69, 9.17) is 0 Å². The molecule has 5 rings (SSSR count). The van der Waals surface area contributed by atoms with Crippen LogP contribution in [0.2, 0.25) is 0 Å². The standard InChI is InChI=1S/C20H27Br/c1-14-3-5-15(6-4-14)8-18(21)20-11-16-7-17(12-20)10-19(2,9-16)13-20/h3-6,16-18H,7-13H2,1-2H3. The minimum Gasteiger partial charge on any atom is -0.0881 e. The highest BCUT2D eigenvalue weighted by molar-refractivity contribution is 9.09. The summed E-state index contributed by atoms with van der Waals surface area (Å²) in [6.07, 6.45) is 10.2.